The molecular formula is C14H12O4S2. The minimum absolute atomic E-state index is 0.0741. The summed E-state index contributed by atoms with van der Waals surface area (Å²) in [6.45, 7) is 1.47. The molecule has 0 aromatic heterocycles. The molecular weight excluding hydrogens is 296 g/mol. The highest BCUT2D eigenvalue weighted by molar-refractivity contribution is 7.94. The summed E-state index contributed by atoms with van der Waals surface area (Å²) in [5.41, 5.74) is 0. The van der Waals surface area contributed by atoms with E-state index in [9.17, 15) is 16.8 Å². The smallest absolute Gasteiger partial charge is 0.209 e. The molecule has 4 nitrogen and oxygen atoms in total. The average Bonchev–Trinajstić information content (AvgIpc) is 2.48. The van der Waals surface area contributed by atoms with Crippen molar-refractivity contribution in [1.82, 2.24) is 0 Å². The normalized spacial score (nSPS) is 12.2. The summed E-state index contributed by atoms with van der Waals surface area (Å²) in [6, 6.07) is 15.3. The van der Waals surface area contributed by atoms with Crippen LogP contribution in [0.5, 0.6) is 0 Å². The molecule has 0 heterocycles. The van der Waals surface area contributed by atoms with Crippen LogP contribution in [0, 0.1) is 12.1 Å². The summed E-state index contributed by atoms with van der Waals surface area (Å²) in [6.07, 6.45) is 0. The molecule has 2 rings (SSSR count). The van der Waals surface area contributed by atoms with Crippen LogP contribution >= 0.6 is 0 Å². The second kappa shape index (κ2) is 5.38. The first-order chi connectivity index (χ1) is 9.39. The number of benzene rings is 2. The molecule has 0 amide bonds. The Morgan fingerprint density at radius 3 is 2.25 bits per heavy atom. The fourth-order valence-electron chi connectivity index (χ4n) is 1.67. The van der Waals surface area contributed by atoms with E-state index in [1.165, 1.54) is 37.3 Å². The van der Waals surface area contributed by atoms with Crippen LogP contribution < -0.4 is 0 Å². The minimum Gasteiger partial charge on any atom is -0.224 e. The molecule has 0 saturated carbocycles. The topological polar surface area (TPSA) is 68.3 Å². The summed E-state index contributed by atoms with van der Waals surface area (Å²) in [7, 11) is -7.60. The molecule has 0 aliphatic heterocycles. The quantitative estimate of drug-likeness (QED) is 0.865. The molecule has 0 unspecified atom stereocenters. The van der Waals surface area contributed by atoms with Crippen molar-refractivity contribution in [2.24, 2.45) is 0 Å². The fourth-order valence-corrected chi connectivity index (χ4v) is 4.58. The Hall–Kier alpha value is -1.66. The van der Waals surface area contributed by atoms with Crippen molar-refractivity contribution in [2.45, 2.75) is 21.6 Å². The Morgan fingerprint density at radius 1 is 0.950 bits per heavy atom. The molecule has 2 aromatic rings. The highest BCUT2D eigenvalue weighted by Gasteiger charge is 2.26. The second-order valence-corrected chi connectivity index (χ2v) is 8.10. The highest BCUT2D eigenvalue weighted by atomic mass is 32.2. The van der Waals surface area contributed by atoms with Crippen molar-refractivity contribution in [3.8, 4) is 0 Å². The van der Waals surface area contributed by atoms with Gasteiger partial charge in [0.15, 0.2) is 9.84 Å². The molecule has 0 spiro atoms. The van der Waals surface area contributed by atoms with Gasteiger partial charge in [0.2, 0.25) is 9.84 Å². The Morgan fingerprint density at radius 2 is 1.65 bits per heavy atom. The van der Waals surface area contributed by atoms with Crippen LogP contribution in [0.1, 0.15) is 6.92 Å². The van der Waals surface area contributed by atoms with E-state index in [1.54, 1.807) is 12.1 Å². The van der Waals surface area contributed by atoms with Crippen LogP contribution in [-0.4, -0.2) is 22.6 Å². The van der Waals surface area contributed by atoms with Gasteiger partial charge in [0.1, 0.15) is 0 Å². The van der Waals surface area contributed by atoms with Gasteiger partial charge in [-0.05, 0) is 12.1 Å². The largest absolute Gasteiger partial charge is 0.224 e. The Bertz CT molecular complexity index is 807. The Labute approximate surface area is 118 Å². The summed E-state index contributed by atoms with van der Waals surface area (Å²) in [5.74, 6) is -0.175. The van der Waals surface area contributed by atoms with Gasteiger partial charge in [-0.3, -0.25) is 0 Å². The van der Waals surface area contributed by atoms with Gasteiger partial charge in [0.25, 0.3) is 0 Å². The van der Waals surface area contributed by atoms with Crippen LogP contribution in [0.15, 0.2) is 57.2 Å². The monoisotopic (exact) mass is 308 g/mol. The Kier molecular flexibility index (Phi) is 3.96. The summed E-state index contributed by atoms with van der Waals surface area (Å²) >= 11 is 0. The third kappa shape index (κ3) is 2.62. The van der Waals surface area contributed by atoms with E-state index >= 15 is 0 Å². The molecule has 0 aliphatic carbocycles. The summed E-state index contributed by atoms with van der Waals surface area (Å²) in [5, 5.41) is 0. The van der Waals surface area contributed by atoms with Gasteiger partial charge >= 0.3 is 0 Å². The lowest BCUT2D eigenvalue weighted by Crippen LogP contribution is -2.12. The minimum atomic E-state index is -3.95. The first kappa shape index (κ1) is 14.7. The van der Waals surface area contributed by atoms with Gasteiger partial charge in [-0.1, -0.05) is 37.3 Å². The first-order valence-electron chi connectivity index (χ1n) is 5.85. The number of hydrogen-bond donors (Lipinski definition) is 0. The lowest BCUT2D eigenvalue weighted by molar-refractivity contribution is 0.583. The van der Waals surface area contributed by atoms with Crippen LogP contribution in [0.4, 0.5) is 0 Å². The van der Waals surface area contributed by atoms with E-state index < -0.39 is 19.7 Å². The van der Waals surface area contributed by atoms with Gasteiger partial charge in [0, 0.05) is 12.1 Å². The van der Waals surface area contributed by atoms with Crippen molar-refractivity contribution in [3.63, 3.8) is 0 Å². The number of sulfone groups is 2. The predicted octanol–water partition coefficient (Wildman–Crippen LogP) is 1.91. The van der Waals surface area contributed by atoms with Gasteiger partial charge < -0.3 is 0 Å². The zero-order valence-corrected chi connectivity index (χ0v) is 12.3. The van der Waals surface area contributed by atoms with E-state index in [1.807, 2.05) is 0 Å². The third-order valence-electron chi connectivity index (χ3n) is 2.74. The standard InChI is InChI=1S/C14H12O4S2/c1-2-19(15,16)13-10-6-7-11-14(13)20(17,18)12-8-4-3-5-9-12/h3-8,10H,2H2,1H3. The molecule has 6 heteroatoms. The van der Waals surface area contributed by atoms with Crippen molar-refractivity contribution in [2.75, 3.05) is 5.75 Å². The van der Waals surface area contributed by atoms with Gasteiger partial charge in [-0.2, -0.15) is 0 Å². The maximum absolute atomic E-state index is 12.5. The van der Waals surface area contributed by atoms with Crippen molar-refractivity contribution in [3.05, 3.63) is 54.6 Å². The van der Waals surface area contributed by atoms with Crippen molar-refractivity contribution in [1.29, 1.82) is 0 Å². The van der Waals surface area contributed by atoms with Crippen LogP contribution in [-0.2, 0) is 19.7 Å². The average molecular weight is 308 g/mol. The molecule has 0 bridgehead atoms. The van der Waals surface area contributed by atoms with Crippen molar-refractivity contribution < 1.29 is 16.8 Å². The lowest BCUT2D eigenvalue weighted by Gasteiger charge is -2.09. The van der Waals surface area contributed by atoms with Gasteiger partial charge in [-0.15, -0.1) is 0 Å². The van der Waals surface area contributed by atoms with E-state index in [0.29, 0.717) is 0 Å². The maximum atomic E-state index is 12.5. The molecule has 2 aromatic carbocycles. The lowest BCUT2D eigenvalue weighted by atomic mass is 10.4. The maximum Gasteiger partial charge on any atom is 0.209 e. The SMILES string of the molecule is CCS(=O)(=O)c1ccc[c]c1S(=O)(=O)c1[c]cccc1. The summed E-state index contributed by atoms with van der Waals surface area (Å²) in [4.78, 5) is -0.626. The molecule has 0 saturated heterocycles. The van der Waals surface area contributed by atoms with Crippen molar-refractivity contribution >= 4 is 19.7 Å². The molecule has 0 atom stereocenters. The van der Waals surface area contributed by atoms with Gasteiger partial charge in [-0.25, -0.2) is 16.8 Å². The fraction of sp³-hybridized carbons (Fsp3) is 0.143. The van der Waals surface area contributed by atoms with E-state index in [2.05, 4.69) is 12.1 Å². The highest BCUT2D eigenvalue weighted by Crippen LogP contribution is 2.26. The molecule has 0 fully saturated rings. The third-order valence-corrected chi connectivity index (χ3v) is 6.34. The molecule has 0 aliphatic rings. The zero-order valence-electron chi connectivity index (χ0n) is 10.7. The second-order valence-electron chi connectivity index (χ2n) is 4.00. The molecule has 2 radical (unpaired) electrons. The molecule has 0 N–H and O–H groups in total. The van der Waals surface area contributed by atoms with Crippen LogP contribution in [0.3, 0.4) is 0 Å². The Balaban J connectivity index is 2.72. The molecule has 20 heavy (non-hydrogen) atoms. The zero-order chi connectivity index (χ0) is 14.8. The van der Waals surface area contributed by atoms with E-state index in [0.717, 1.165) is 0 Å². The van der Waals surface area contributed by atoms with Crippen LogP contribution in [0.25, 0.3) is 0 Å². The predicted molar refractivity (Wildman–Crippen MR) is 73.7 cm³/mol. The number of hydrogen-bond acceptors (Lipinski definition) is 4. The summed E-state index contributed by atoms with van der Waals surface area (Å²) < 4.78 is 49.0. The molecule has 104 valence electrons. The van der Waals surface area contributed by atoms with Crippen LogP contribution in [0.2, 0.25) is 0 Å². The van der Waals surface area contributed by atoms with E-state index in [4.69, 9.17) is 0 Å². The number of rotatable bonds is 4. The van der Waals surface area contributed by atoms with E-state index in [-0.39, 0.29) is 20.4 Å². The van der Waals surface area contributed by atoms with Gasteiger partial charge in [0.05, 0.1) is 20.4 Å². The first-order valence-corrected chi connectivity index (χ1v) is 8.98.